The molecule has 1 aromatic heterocycles. The van der Waals surface area contributed by atoms with Crippen molar-refractivity contribution in [1.29, 1.82) is 0 Å². The molecule has 0 aliphatic carbocycles. The van der Waals surface area contributed by atoms with E-state index >= 15 is 0 Å². The van der Waals surface area contributed by atoms with Crippen LogP contribution in [-0.2, 0) is 6.54 Å². The Morgan fingerprint density at radius 3 is 2.77 bits per heavy atom. The highest BCUT2D eigenvalue weighted by molar-refractivity contribution is 9.09. The molecule has 72 valence electrons. The van der Waals surface area contributed by atoms with Crippen LogP contribution in [-0.4, -0.2) is 15.1 Å². The van der Waals surface area contributed by atoms with Crippen molar-refractivity contribution in [2.45, 2.75) is 19.4 Å². The summed E-state index contributed by atoms with van der Waals surface area (Å²) in [4.78, 5) is 22.0. The number of hydrogen-bond acceptors (Lipinski definition) is 2. The molecule has 0 aliphatic rings. The van der Waals surface area contributed by atoms with Crippen molar-refractivity contribution >= 4 is 15.9 Å². The Morgan fingerprint density at radius 1 is 1.31 bits per heavy atom. The van der Waals surface area contributed by atoms with Gasteiger partial charge in [-0.3, -0.25) is 19.4 Å². The Labute approximate surface area is 83.7 Å². The highest BCUT2D eigenvalue weighted by Crippen LogP contribution is 1.94. The van der Waals surface area contributed by atoms with Crippen LogP contribution in [0.5, 0.6) is 0 Å². The molecule has 1 aromatic rings. The van der Waals surface area contributed by atoms with Crippen LogP contribution in [0.25, 0.3) is 0 Å². The Balaban J connectivity index is 2.70. The highest BCUT2D eigenvalue weighted by atomic mass is 79.9. The van der Waals surface area contributed by atoms with E-state index in [1.165, 1.54) is 16.8 Å². The lowest BCUT2D eigenvalue weighted by Gasteiger charge is -2.02. The first kappa shape index (κ1) is 10.2. The van der Waals surface area contributed by atoms with Gasteiger partial charge in [-0.2, -0.15) is 0 Å². The minimum Gasteiger partial charge on any atom is -0.268 e. The predicted molar refractivity (Wildman–Crippen MR) is 54.4 cm³/mol. The average molecular weight is 247 g/mol. The lowest BCUT2D eigenvalue weighted by atomic mass is 10.3. The van der Waals surface area contributed by atoms with Crippen molar-refractivity contribution in [3.63, 3.8) is 0 Å². The normalized spacial score (nSPS) is 10.2. The van der Waals surface area contributed by atoms with E-state index < -0.39 is 0 Å². The van der Waals surface area contributed by atoms with Gasteiger partial charge in [-0.05, 0) is 12.8 Å². The summed E-state index contributed by atoms with van der Waals surface area (Å²) in [7, 11) is 0. The molecule has 1 heterocycles. The quantitative estimate of drug-likeness (QED) is 0.629. The summed E-state index contributed by atoms with van der Waals surface area (Å²) in [6.07, 6.45) is 1.87. The van der Waals surface area contributed by atoms with Gasteiger partial charge in [0.15, 0.2) is 0 Å². The number of aryl methyl sites for hydroxylation is 1. The maximum absolute atomic E-state index is 11.1. The standard InChI is InChI=1S/C8H11BrN2O2/c9-5-1-2-6-11-8(13)4-3-7(12)10-11/h3-4H,1-2,5-6H2,(H,10,12). The Bertz CT molecular complexity index is 369. The lowest BCUT2D eigenvalue weighted by molar-refractivity contribution is 0.538. The number of halogens is 1. The molecule has 0 unspecified atom stereocenters. The summed E-state index contributed by atoms with van der Waals surface area (Å²) in [5, 5.41) is 3.38. The van der Waals surface area contributed by atoms with Crippen molar-refractivity contribution in [3.8, 4) is 0 Å². The fraction of sp³-hybridized carbons (Fsp3) is 0.500. The number of aromatic amines is 1. The van der Waals surface area contributed by atoms with Crippen molar-refractivity contribution in [2.24, 2.45) is 0 Å². The predicted octanol–water partition coefficient (Wildman–Crippen LogP) is 0.712. The number of H-pyrrole nitrogens is 1. The molecule has 0 fully saturated rings. The summed E-state index contributed by atoms with van der Waals surface area (Å²) in [6.45, 7) is 0.570. The van der Waals surface area contributed by atoms with Crippen molar-refractivity contribution in [3.05, 3.63) is 32.8 Å². The van der Waals surface area contributed by atoms with E-state index in [4.69, 9.17) is 0 Å². The topological polar surface area (TPSA) is 54.9 Å². The molecule has 0 aliphatic heterocycles. The lowest BCUT2D eigenvalue weighted by Crippen LogP contribution is -2.27. The monoisotopic (exact) mass is 246 g/mol. The molecule has 13 heavy (non-hydrogen) atoms. The van der Waals surface area contributed by atoms with Gasteiger partial charge in [0, 0.05) is 24.0 Å². The van der Waals surface area contributed by atoms with Crippen LogP contribution in [0.15, 0.2) is 21.7 Å². The first-order chi connectivity index (χ1) is 6.24. The Hall–Kier alpha value is -0.840. The van der Waals surface area contributed by atoms with Gasteiger partial charge in [-0.15, -0.1) is 0 Å². The molecule has 1 rings (SSSR count). The molecule has 1 N–H and O–H groups in total. The second kappa shape index (κ2) is 5.01. The minimum atomic E-state index is -0.238. The first-order valence-corrected chi connectivity index (χ1v) is 5.22. The van der Waals surface area contributed by atoms with Crippen molar-refractivity contribution in [2.75, 3.05) is 5.33 Å². The van der Waals surface area contributed by atoms with Gasteiger partial charge < -0.3 is 0 Å². The van der Waals surface area contributed by atoms with E-state index in [0.29, 0.717) is 6.54 Å². The van der Waals surface area contributed by atoms with E-state index in [2.05, 4.69) is 21.0 Å². The first-order valence-electron chi connectivity index (χ1n) is 4.10. The second-order valence-corrected chi connectivity index (χ2v) is 3.49. The summed E-state index contributed by atoms with van der Waals surface area (Å²) in [5.74, 6) is 0. The molecular formula is C8H11BrN2O2. The van der Waals surface area contributed by atoms with Crippen LogP contribution in [0.3, 0.4) is 0 Å². The van der Waals surface area contributed by atoms with Gasteiger partial charge in [-0.25, -0.2) is 0 Å². The molecule has 0 saturated carbocycles. The molecule has 0 amide bonds. The number of rotatable bonds is 4. The molecule has 5 heteroatoms. The van der Waals surface area contributed by atoms with Gasteiger partial charge in [0.05, 0.1) is 0 Å². The van der Waals surface area contributed by atoms with E-state index in [1.54, 1.807) is 0 Å². The third-order valence-corrected chi connectivity index (χ3v) is 2.21. The number of unbranched alkanes of at least 4 members (excludes halogenated alkanes) is 1. The SMILES string of the molecule is O=c1ccc(=O)n(CCCCBr)[nH]1. The number of aromatic nitrogens is 2. The average Bonchev–Trinajstić information content (AvgIpc) is 2.11. The fourth-order valence-electron chi connectivity index (χ4n) is 0.993. The summed E-state index contributed by atoms with van der Waals surface area (Å²) < 4.78 is 1.34. The van der Waals surface area contributed by atoms with E-state index in [1.807, 2.05) is 0 Å². The van der Waals surface area contributed by atoms with Gasteiger partial charge in [0.1, 0.15) is 0 Å². The smallest absolute Gasteiger partial charge is 0.265 e. The third-order valence-electron chi connectivity index (χ3n) is 1.65. The zero-order chi connectivity index (χ0) is 9.68. The highest BCUT2D eigenvalue weighted by Gasteiger charge is 1.95. The molecule has 0 bridgehead atoms. The Morgan fingerprint density at radius 2 is 2.08 bits per heavy atom. The van der Waals surface area contributed by atoms with Crippen LogP contribution in [0.1, 0.15) is 12.8 Å². The maximum Gasteiger partial charge on any atom is 0.265 e. The van der Waals surface area contributed by atoms with Crippen LogP contribution >= 0.6 is 15.9 Å². The van der Waals surface area contributed by atoms with Gasteiger partial charge >= 0.3 is 0 Å². The minimum absolute atomic E-state index is 0.158. The number of alkyl halides is 1. The largest absolute Gasteiger partial charge is 0.268 e. The van der Waals surface area contributed by atoms with Gasteiger partial charge in [0.2, 0.25) is 0 Å². The molecule has 0 atom stereocenters. The number of nitrogens with zero attached hydrogens (tertiary/aromatic N) is 1. The summed E-state index contributed by atoms with van der Waals surface area (Å²) in [6, 6.07) is 2.52. The van der Waals surface area contributed by atoms with Gasteiger partial charge in [0.25, 0.3) is 11.1 Å². The molecule has 0 spiro atoms. The summed E-state index contributed by atoms with van der Waals surface area (Å²) in [5.41, 5.74) is -0.396. The Kier molecular flexibility index (Phi) is 3.95. The van der Waals surface area contributed by atoms with Crippen molar-refractivity contribution in [1.82, 2.24) is 9.78 Å². The van der Waals surface area contributed by atoms with E-state index in [-0.39, 0.29) is 11.1 Å². The molecule has 0 saturated heterocycles. The zero-order valence-electron chi connectivity index (χ0n) is 7.12. The number of hydrogen-bond donors (Lipinski definition) is 1. The van der Waals surface area contributed by atoms with Crippen LogP contribution in [0.2, 0.25) is 0 Å². The zero-order valence-corrected chi connectivity index (χ0v) is 8.71. The molecular weight excluding hydrogens is 236 g/mol. The second-order valence-electron chi connectivity index (χ2n) is 2.70. The van der Waals surface area contributed by atoms with Crippen molar-refractivity contribution < 1.29 is 0 Å². The van der Waals surface area contributed by atoms with E-state index in [9.17, 15) is 9.59 Å². The van der Waals surface area contributed by atoms with Crippen LogP contribution in [0.4, 0.5) is 0 Å². The third kappa shape index (κ3) is 3.18. The molecule has 0 aromatic carbocycles. The van der Waals surface area contributed by atoms with E-state index in [0.717, 1.165) is 18.2 Å². The van der Waals surface area contributed by atoms with Gasteiger partial charge in [-0.1, -0.05) is 15.9 Å². The maximum atomic E-state index is 11.1. The molecule has 4 nitrogen and oxygen atoms in total. The molecule has 0 radical (unpaired) electrons. The number of nitrogens with one attached hydrogen (secondary N) is 1. The summed E-state index contributed by atoms with van der Waals surface area (Å²) >= 11 is 3.30. The van der Waals surface area contributed by atoms with Crippen LogP contribution in [0, 0.1) is 0 Å². The van der Waals surface area contributed by atoms with Crippen LogP contribution < -0.4 is 11.1 Å². The fourth-order valence-corrected chi connectivity index (χ4v) is 1.39.